The van der Waals surface area contributed by atoms with E-state index in [1.165, 1.54) is 30.3 Å². The van der Waals surface area contributed by atoms with Gasteiger partial charge < -0.3 is 25.4 Å². The van der Waals surface area contributed by atoms with Crippen molar-refractivity contribution in [1.29, 1.82) is 0 Å². The number of piperazine rings is 1. The van der Waals surface area contributed by atoms with E-state index in [2.05, 4.69) is 10.6 Å². The number of rotatable bonds is 9. The largest absolute Gasteiger partial charge is 0.491 e. The van der Waals surface area contributed by atoms with Crippen molar-refractivity contribution < 1.29 is 32.8 Å². The number of hydrogen-bond acceptors (Lipinski definition) is 6. The van der Waals surface area contributed by atoms with Crippen LogP contribution in [0.4, 0.5) is 11.4 Å². The average molecular weight is 492 g/mol. The normalized spacial score (nSPS) is 16.0. The maximum absolute atomic E-state index is 12.9. The van der Waals surface area contributed by atoms with Crippen LogP contribution < -0.4 is 20.3 Å². The third-order valence-corrected chi connectivity index (χ3v) is 7.30. The molecule has 0 radical (unpaired) electrons. The summed E-state index contributed by atoms with van der Waals surface area (Å²) in [4.78, 5) is 23.5. The standard InChI is InChI=1S/C23H30N4O6S/c1-17(28)24-19-3-7-22(8-4-19)33-16-21(30)15-26-11-13-27(14-12-26)34(31,32)23-9-5-20(6-10-23)25-18(2)29/h3-10,21,30H,11-16H2,1-2H3,(H,24,28)(H,25,29)/p+1/t21-/m1/s1. The maximum Gasteiger partial charge on any atom is 0.243 e. The number of quaternary nitrogens is 1. The molecule has 2 amide bonds. The highest BCUT2D eigenvalue weighted by molar-refractivity contribution is 7.89. The Labute approximate surface area is 199 Å². The molecule has 0 bridgehead atoms. The van der Waals surface area contributed by atoms with E-state index >= 15 is 0 Å². The first-order chi connectivity index (χ1) is 16.1. The van der Waals surface area contributed by atoms with Crippen LogP contribution in [-0.4, -0.2) is 75.1 Å². The van der Waals surface area contributed by atoms with Crippen LogP contribution in [0, 0.1) is 0 Å². The minimum absolute atomic E-state index is 0.117. The quantitative estimate of drug-likeness (QED) is 0.389. The summed E-state index contributed by atoms with van der Waals surface area (Å²) in [6.07, 6.45) is -0.700. The number of aliphatic hydroxyl groups excluding tert-OH is 1. The van der Waals surface area contributed by atoms with Crippen LogP contribution in [-0.2, 0) is 19.6 Å². The first kappa shape index (κ1) is 25.6. The van der Waals surface area contributed by atoms with Crippen LogP contribution in [0.25, 0.3) is 0 Å². The average Bonchev–Trinajstić information content (AvgIpc) is 2.78. The van der Waals surface area contributed by atoms with Crippen molar-refractivity contribution in [2.45, 2.75) is 24.8 Å². The molecule has 4 N–H and O–H groups in total. The fourth-order valence-corrected chi connectivity index (χ4v) is 5.17. The van der Waals surface area contributed by atoms with Gasteiger partial charge in [0.2, 0.25) is 21.8 Å². The Morgan fingerprint density at radius 3 is 1.97 bits per heavy atom. The molecule has 0 spiro atoms. The van der Waals surface area contributed by atoms with Crippen LogP contribution in [0.1, 0.15) is 13.8 Å². The lowest BCUT2D eigenvalue weighted by Gasteiger charge is -2.32. The third kappa shape index (κ3) is 7.26. The molecule has 184 valence electrons. The SMILES string of the molecule is CC(=O)Nc1ccc(OC[C@H](O)C[NH+]2CCN(S(=O)(=O)c3ccc(NC(C)=O)cc3)CC2)cc1. The summed E-state index contributed by atoms with van der Waals surface area (Å²) in [5.74, 6) is 0.214. The van der Waals surface area contributed by atoms with E-state index in [1.807, 2.05) is 0 Å². The molecule has 1 fully saturated rings. The highest BCUT2D eigenvalue weighted by atomic mass is 32.2. The van der Waals surface area contributed by atoms with E-state index in [0.29, 0.717) is 49.8 Å². The zero-order valence-corrected chi connectivity index (χ0v) is 20.1. The van der Waals surface area contributed by atoms with Gasteiger partial charge in [0, 0.05) is 25.2 Å². The lowest BCUT2D eigenvalue weighted by atomic mass is 10.3. The Bertz CT molecular complexity index is 1080. The third-order valence-electron chi connectivity index (χ3n) is 5.38. The van der Waals surface area contributed by atoms with Gasteiger partial charge in [-0.05, 0) is 48.5 Å². The lowest BCUT2D eigenvalue weighted by Crippen LogP contribution is -3.15. The topological polar surface area (TPSA) is 129 Å². The second kappa shape index (κ2) is 11.4. The van der Waals surface area contributed by atoms with Crippen molar-refractivity contribution in [3.8, 4) is 5.75 Å². The predicted molar refractivity (Wildman–Crippen MR) is 127 cm³/mol. The van der Waals surface area contributed by atoms with Gasteiger partial charge in [0.15, 0.2) is 0 Å². The molecule has 34 heavy (non-hydrogen) atoms. The van der Waals surface area contributed by atoms with Crippen molar-refractivity contribution in [2.75, 3.05) is 50.0 Å². The van der Waals surface area contributed by atoms with E-state index in [-0.39, 0.29) is 23.3 Å². The molecule has 2 aromatic rings. The van der Waals surface area contributed by atoms with Crippen molar-refractivity contribution in [3.05, 3.63) is 48.5 Å². The summed E-state index contributed by atoms with van der Waals surface area (Å²) >= 11 is 0. The number of carbonyl (C=O) groups excluding carboxylic acids is 2. The molecule has 0 aliphatic carbocycles. The second-order valence-corrected chi connectivity index (χ2v) is 10.2. The number of aliphatic hydroxyl groups is 1. The van der Waals surface area contributed by atoms with E-state index in [4.69, 9.17) is 4.74 Å². The summed E-state index contributed by atoms with van der Waals surface area (Å²) < 4.78 is 32.9. The minimum atomic E-state index is -3.62. The Morgan fingerprint density at radius 1 is 0.971 bits per heavy atom. The van der Waals surface area contributed by atoms with Gasteiger partial charge in [-0.2, -0.15) is 4.31 Å². The molecule has 0 saturated carbocycles. The summed E-state index contributed by atoms with van der Waals surface area (Å²) in [5, 5.41) is 15.7. The fraction of sp³-hybridized carbons (Fsp3) is 0.391. The molecule has 1 atom stereocenters. The van der Waals surface area contributed by atoms with Crippen LogP contribution >= 0.6 is 0 Å². The van der Waals surface area contributed by atoms with Gasteiger partial charge in [-0.15, -0.1) is 0 Å². The predicted octanol–water partition coefficient (Wildman–Crippen LogP) is -0.0675. The van der Waals surface area contributed by atoms with Crippen molar-refractivity contribution in [3.63, 3.8) is 0 Å². The van der Waals surface area contributed by atoms with E-state index in [0.717, 1.165) is 4.90 Å². The van der Waals surface area contributed by atoms with Gasteiger partial charge in [-0.25, -0.2) is 8.42 Å². The van der Waals surface area contributed by atoms with Crippen LogP contribution in [0.5, 0.6) is 5.75 Å². The summed E-state index contributed by atoms with van der Waals surface area (Å²) in [7, 11) is -3.62. The molecule has 1 aliphatic heterocycles. The summed E-state index contributed by atoms with van der Waals surface area (Å²) in [6.45, 7) is 5.24. The lowest BCUT2D eigenvalue weighted by molar-refractivity contribution is -0.906. The summed E-state index contributed by atoms with van der Waals surface area (Å²) in [6, 6.07) is 13.0. The fourth-order valence-electron chi connectivity index (χ4n) is 3.73. The Kier molecular flexibility index (Phi) is 8.61. The molecule has 0 unspecified atom stereocenters. The number of hydrogen-bond donors (Lipinski definition) is 4. The molecule has 0 aromatic heterocycles. The molecule has 1 saturated heterocycles. The number of nitrogens with zero attached hydrogens (tertiary/aromatic N) is 1. The number of ether oxygens (including phenoxy) is 1. The summed E-state index contributed by atoms with van der Waals surface area (Å²) in [5.41, 5.74) is 1.21. The van der Waals surface area contributed by atoms with Gasteiger partial charge in [0.25, 0.3) is 0 Å². The first-order valence-electron chi connectivity index (χ1n) is 11.0. The van der Waals surface area contributed by atoms with Crippen LogP contribution in [0.2, 0.25) is 0 Å². The Hall–Kier alpha value is -2.99. The number of nitrogens with one attached hydrogen (secondary N) is 3. The van der Waals surface area contributed by atoms with Crippen LogP contribution in [0.3, 0.4) is 0 Å². The molecule has 1 heterocycles. The van der Waals surface area contributed by atoms with Gasteiger partial charge in [0.05, 0.1) is 31.1 Å². The van der Waals surface area contributed by atoms with Gasteiger partial charge in [-0.3, -0.25) is 9.59 Å². The zero-order chi connectivity index (χ0) is 24.7. The van der Waals surface area contributed by atoms with Crippen molar-refractivity contribution >= 4 is 33.2 Å². The van der Waals surface area contributed by atoms with Crippen molar-refractivity contribution in [2.24, 2.45) is 0 Å². The minimum Gasteiger partial charge on any atom is -0.491 e. The molecule has 10 nitrogen and oxygen atoms in total. The Balaban J connectivity index is 1.45. The molecular weight excluding hydrogens is 460 g/mol. The van der Waals surface area contributed by atoms with E-state index in [9.17, 15) is 23.1 Å². The van der Waals surface area contributed by atoms with Crippen LogP contribution in [0.15, 0.2) is 53.4 Å². The Morgan fingerprint density at radius 2 is 1.47 bits per heavy atom. The number of anilines is 2. The highest BCUT2D eigenvalue weighted by Crippen LogP contribution is 2.19. The zero-order valence-electron chi connectivity index (χ0n) is 19.3. The molecule has 3 rings (SSSR count). The number of amides is 2. The molecule has 11 heteroatoms. The monoisotopic (exact) mass is 491 g/mol. The number of carbonyl (C=O) groups is 2. The highest BCUT2D eigenvalue weighted by Gasteiger charge is 2.31. The first-order valence-corrected chi connectivity index (χ1v) is 12.5. The smallest absolute Gasteiger partial charge is 0.243 e. The van der Waals surface area contributed by atoms with Gasteiger partial charge in [-0.1, -0.05) is 0 Å². The second-order valence-electron chi connectivity index (χ2n) is 8.23. The van der Waals surface area contributed by atoms with Gasteiger partial charge in [0.1, 0.15) is 25.0 Å². The molecular formula is C23H31N4O6S+. The maximum atomic E-state index is 12.9. The number of sulfonamides is 1. The molecule has 1 aliphatic rings. The number of benzene rings is 2. The van der Waals surface area contributed by atoms with Gasteiger partial charge >= 0.3 is 0 Å². The van der Waals surface area contributed by atoms with Crippen molar-refractivity contribution in [1.82, 2.24) is 4.31 Å². The van der Waals surface area contributed by atoms with E-state index in [1.54, 1.807) is 36.4 Å². The van der Waals surface area contributed by atoms with E-state index < -0.39 is 16.1 Å². The molecule has 2 aromatic carbocycles.